The lowest BCUT2D eigenvalue weighted by Crippen LogP contribution is -2.61. The molecule has 0 unspecified atom stereocenters. The average Bonchev–Trinajstić information content (AvgIpc) is 2.91. The monoisotopic (exact) mass is 440 g/mol. The lowest BCUT2D eigenvalue weighted by atomic mass is 9.46. The molecule has 0 saturated heterocycles. The van der Waals surface area contributed by atoms with Gasteiger partial charge in [-0.25, -0.2) is 4.57 Å². The predicted molar refractivity (Wildman–Crippen MR) is 106 cm³/mol. The van der Waals surface area contributed by atoms with Gasteiger partial charge in [0.05, 0.1) is 6.10 Å². The van der Waals surface area contributed by atoms with Gasteiger partial charge in [0.25, 0.3) is 0 Å². The zero-order chi connectivity index (χ0) is 22.1. The molecule has 0 aliphatic heterocycles. The maximum Gasteiger partial charge on any atom is 0.470 e. The van der Waals surface area contributed by atoms with E-state index in [1.165, 1.54) is 0 Å². The first-order chi connectivity index (χ1) is 13.8. The number of ketones is 2. The Morgan fingerprint density at radius 3 is 2.67 bits per heavy atom. The summed E-state index contributed by atoms with van der Waals surface area (Å²) < 4.78 is 15.4. The van der Waals surface area contributed by atoms with Crippen LogP contribution in [0.1, 0.15) is 46.0 Å². The number of carbonyl (C=O) groups excluding carboxylic acids is 2. The third-order valence-corrected chi connectivity index (χ3v) is 8.94. The Morgan fingerprint density at radius 1 is 1.30 bits per heavy atom. The first-order valence-electron chi connectivity index (χ1n) is 10.4. The molecule has 166 valence electrons. The molecule has 3 saturated carbocycles. The highest BCUT2D eigenvalue weighted by atomic mass is 31.2. The van der Waals surface area contributed by atoms with Crippen molar-refractivity contribution in [1.82, 2.24) is 0 Å². The third kappa shape index (κ3) is 3.12. The van der Waals surface area contributed by atoms with Crippen LogP contribution in [0.2, 0.25) is 0 Å². The van der Waals surface area contributed by atoms with Crippen LogP contribution in [-0.2, 0) is 18.7 Å². The molecule has 7 atom stereocenters. The van der Waals surface area contributed by atoms with Crippen LogP contribution in [0.15, 0.2) is 23.8 Å². The first kappa shape index (κ1) is 22.1. The topological polar surface area (TPSA) is 141 Å². The molecule has 0 aromatic carbocycles. The van der Waals surface area contributed by atoms with Gasteiger partial charge < -0.3 is 20.0 Å². The summed E-state index contributed by atoms with van der Waals surface area (Å²) >= 11 is 0. The van der Waals surface area contributed by atoms with Crippen LogP contribution in [0.3, 0.4) is 0 Å². The summed E-state index contributed by atoms with van der Waals surface area (Å²) in [5.41, 5.74) is -2.15. The fraction of sp³-hybridized carbons (Fsp3) is 0.714. The number of phosphoric ester groups is 1. The number of aliphatic hydroxyl groups is 2. The van der Waals surface area contributed by atoms with Gasteiger partial charge in [-0.3, -0.25) is 14.1 Å². The molecular weight excluding hydrogens is 411 g/mol. The highest BCUT2D eigenvalue weighted by Crippen LogP contribution is 2.67. The molecule has 0 aromatic heterocycles. The van der Waals surface area contributed by atoms with E-state index in [4.69, 9.17) is 9.79 Å². The van der Waals surface area contributed by atoms with E-state index in [-0.39, 0.29) is 36.4 Å². The number of phosphoric acid groups is 1. The maximum absolute atomic E-state index is 12.8. The Hall–Kier alpha value is -1.15. The highest BCUT2D eigenvalue weighted by Gasteiger charge is 2.68. The van der Waals surface area contributed by atoms with Gasteiger partial charge >= 0.3 is 7.82 Å². The van der Waals surface area contributed by atoms with Gasteiger partial charge in [-0.15, -0.1) is 0 Å². The largest absolute Gasteiger partial charge is 0.470 e. The lowest BCUT2D eigenvalue weighted by Gasteiger charge is -2.59. The van der Waals surface area contributed by atoms with Crippen LogP contribution < -0.4 is 0 Å². The van der Waals surface area contributed by atoms with Crippen molar-refractivity contribution in [2.75, 3.05) is 6.61 Å². The Labute approximate surface area is 175 Å². The Balaban J connectivity index is 1.65. The van der Waals surface area contributed by atoms with Crippen LogP contribution in [0.25, 0.3) is 0 Å². The van der Waals surface area contributed by atoms with Crippen molar-refractivity contribution in [3.8, 4) is 0 Å². The molecule has 9 heteroatoms. The number of hydrogen-bond acceptors (Lipinski definition) is 6. The molecule has 0 aromatic rings. The van der Waals surface area contributed by atoms with Crippen molar-refractivity contribution in [2.45, 2.75) is 57.7 Å². The molecular formula is C21H29O8P. The van der Waals surface area contributed by atoms with Crippen molar-refractivity contribution in [2.24, 2.45) is 28.6 Å². The summed E-state index contributed by atoms with van der Waals surface area (Å²) in [6.07, 6.45) is 6.76. The van der Waals surface area contributed by atoms with Crippen LogP contribution >= 0.6 is 7.82 Å². The summed E-state index contributed by atoms with van der Waals surface area (Å²) in [7, 11) is -4.84. The minimum absolute atomic E-state index is 0.0284. The number of Topliss-reactive ketones (excluding diaryl/α,β-unsaturated/α-hetero) is 1. The Kier molecular flexibility index (Phi) is 5.09. The van der Waals surface area contributed by atoms with Crippen LogP contribution in [0.5, 0.6) is 0 Å². The van der Waals surface area contributed by atoms with E-state index in [0.717, 1.165) is 18.4 Å². The van der Waals surface area contributed by atoms with Gasteiger partial charge in [0.2, 0.25) is 0 Å². The smallest absolute Gasteiger partial charge is 0.393 e. The average molecular weight is 440 g/mol. The highest BCUT2D eigenvalue weighted by molar-refractivity contribution is 7.46. The molecule has 4 N–H and O–H groups in total. The molecule has 3 fully saturated rings. The fourth-order valence-corrected chi connectivity index (χ4v) is 7.34. The van der Waals surface area contributed by atoms with Crippen molar-refractivity contribution in [1.29, 1.82) is 0 Å². The van der Waals surface area contributed by atoms with Gasteiger partial charge in [0.1, 0.15) is 12.2 Å². The molecule has 4 rings (SSSR count). The molecule has 0 spiro atoms. The zero-order valence-corrected chi connectivity index (χ0v) is 18.0. The van der Waals surface area contributed by atoms with E-state index in [1.807, 2.05) is 13.0 Å². The zero-order valence-electron chi connectivity index (χ0n) is 17.2. The van der Waals surface area contributed by atoms with Gasteiger partial charge in [-0.05, 0) is 56.1 Å². The fourth-order valence-electron chi connectivity index (χ4n) is 7.05. The molecule has 8 nitrogen and oxygen atoms in total. The van der Waals surface area contributed by atoms with Gasteiger partial charge in [0.15, 0.2) is 11.6 Å². The van der Waals surface area contributed by atoms with E-state index < -0.39 is 42.7 Å². The number of fused-ring (bicyclic) bond motifs is 5. The lowest BCUT2D eigenvalue weighted by molar-refractivity contribution is -0.178. The quantitative estimate of drug-likeness (QED) is 0.484. The third-order valence-electron chi connectivity index (χ3n) is 8.47. The molecule has 0 radical (unpaired) electrons. The summed E-state index contributed by atoms with van der Waals surface area (Å²) in [4.78, 5) is 42.5. The summed E-state index contributed by atoms with van der Waals surface area (Å²) in [6.45, 7) is 2.97. The summed E-state index contributed by atoms with van der Waals surface area (Å²) in [6, 6.07) is 0. The maximum atomic E-state index is 12.8. The summed E-state index contributed by atoms with van der Waals surface area (Å²) in [5, 5.41) is 22.6. The normalized spacial score (nSPS) is 45.4. The first-order valence-corrected chi connectivity index (χ1v) is 11.9. The summed E-state index contributed by atoms with van der Waals surface area (Å²) in [5.74, 6) is -0.888. The second-order valence-electron chi connectivity index (χ2n) is 9.80. The van der Waals surface area contributed by atoms with E-state index >= 15 is 0 Å². The van der Waals surface area contributed by atoms with Crippen molar-refractivity contribution < 1.29 is 38.7 Å². The van der Waals surface area contributed by atoms with Crippen molar-refractivity contribution in [3.63, 3.8) is 0 Å². The van der Waals surface area contributed by atoms with Crippen LogP contribution in [-0.4, -0.2) is 49.9 Å². The van der Waals surface area contributed by atoms with E-state index in [1.54, 1.807) is 19.1 Å². The second-order valence-corrected chi connectivity index (χ2v) is 11.0. The Bertz CT molecular complexity index is 889. The van der Waals surface area contributed by atoms with Gasteiger partial charge in [-0.2, -0.15) is 0 Å². The number of hydrogen-bond donors (Lipinski definition) is 4. The van der Waals surface area contributed by atoms with E-state index in [0.29, 0.717) is 6.42 Å². The minimum atomic E-state index is -4.84. The molecule has 0 amide bonds. The van der Waals surface area contributed by atoms with Gasteiger partial charge in [-0.1, -0.05) is 25.5 Å². The standard InChI is InChI=1S/C21H29O8P/c1-19-7-5-13(22)9-12(19)3-4-14-15-6-8-21(25,17(24)11-29-30(26,27)28)20(15,2)10-16(23)18(14)19/h5,7,9,14-16,18,23,25H,3-4,6,8,10-11H2,1-2H3,(H2,26,27,28)/t14-,15+,16+,18-,19+,20+,21+/m1/s1. The Morgan fingerprint density at radius 2 is 2.00 bits per heavy atom. The SMILES string of the molecule is C[C@]12C=CC(=O)C=C1CC[C@H]1[C@@H]2[C@@H](O)C[C@@]2(C)[C@H]1CC[C@]2(O)C(=O)COP(=O)(O)O. The van der Waals surface area contributed by atoms with Crippen molar-refractivity contribution >= 4 is 19.4 Å². The predicted octanol–water partition coefficient (Wildman–Crippen LogP) is 1.67. The molecule has 0 heterocycles. The minimum Gasteiger partial charge on any atom is -0.393 e. The number of rotatable bonds is 4. The molecule has 4 aliphatic carbocycles. The van der Waals surface area contributed by atoms with Crippen LogP contribution in [0.4, 0.5) is 0 Å². The molecule has 0 bridgehead atoms. The number of carbonyl (C=O) groups is 2. The van der Waals surface area contributed by atoms with E-state index in [2.05, 4.69) is 4.52 Å². The van der Waals surface area contributed by atoms with Crippen molar-refractivity contribution in [3.05, 3.63) is 23.8 Å². The van der Waals surface area contributed by atoms with Gasteiger partial charge in [0, 0.05) is 16.7 Å². The number of aliphatic hydroxyl groups excluding tert-OH is 1. The van der Waals surface area contributed by atoms with E-state index in [9.17, 15) is 24.4 Å². The van der Waals surface area contributed by atoms with Crippen LogP contribution in [0, 0.1) is 28.6 Å². The second kappa shape index (κ2) is 6.92. The number of allylic oxidation sites excluding steroid dienone is 4. The molecule has 30 heavy (non-hydrogen) atoms. The molecule has 4 aliphatic rings.